The Kier molecular flexibility index (Phi) is 6.47. The Morgan fingerprint density at radius 1 is 1.16 bits per heavy atom. The largest absolute Gasteiger partial charge is 0.460 e. The molecule has 0 bridgehead atoms. The first-order valence-electron chi connectivity index (χ1n) is 7.09. The lowest BCUT2D eigenvalue weighted by Gasteiger charge is -2.06. The minimum Gasteiger partial charge on any atom is -0.460 e. The van der Waals surface area contributed by atoms with E-state index >= 15 is 0 Å². The van der Waals surface area contributed by atoms with Gasteiger partial charge in [0, 0.05) is 12.1 Å². The predicted octanol–water partition coefficient (Wildman–Crippen LogP) is 3.03. The maximum absolute atomic E-state index is 11.8. The van der Waals surface area contributed by atoms with Gasteiger partial charge in [0.25, 0.3) is 5.69 Å². The van der Waals surface area contributed by atoms with Crippen molar-refractivity contribution in [2.75, 3.05) is 5.88 Å². The topological polar surface area (TPSA) is 95.7 Å². The highest BCUT2D eigenvalue weighted by molar-refractivity contribution is 6.26. The van der Waals surface area contributed by atoms with E-state index in [1.165, 1.54) is 36.8 Å². The molecule has 0 amide bonds. The molecule has 0 aliphatic heterocycles. The molecule has 129 valence electrons. The second kappa shape index (κ2) is 8.79. The van der Waals surface area contributed by atoms with E-state index in [9.17, 15) is 19.7 Å². The first kappa shape index (κ1) is 18.4. The lowest BCUT2D eigenvalue weighted by molar-refractivity contribution is -0.384. The number of esters is 2. The van der Waals surface area contributed by atoms with E-state index in [2.05, 4.69) is 0 Å². The number of hydrogen-bond acceptors (Lipinski definition) is 6. The second-order valence-electron chi connectivity index (χ2n) is 4.86. The maximum atomic E-state index is 11.8. The highest BCUT2D eigenvalue weighted by Gasteiger charge is 2.10. The number of nitrogens with zero attached hydrogens (tertiary/aromatic N) is 1. The zero-order valence-electron chi connectivity index (χ0n) is 12.9. The smallest absolute Gasteiger partial charge is 0.326 e. The molecule has 7 nitrogen and oxygen atoms in total. The fraction of sp³-hybridized carbons (Fsp3) is 0.118. The van der Waals surface area contributed by atoms with Gasteiger partial charge in [0.05, 0.1) is 11.3 Å². The number of carbonyl (C=O) groups is 2. The summed E-state index contributed by atoms with van der Waals surface area (Å²) in [4.78, 5) is 33.0. The van der Waals surface area contributed by atoms with Crippen LogP contribution in [0.25, 0.3) is 0 Å². The van der Waals surface area contributed by atoms with Crippen LogP contribution in [0, 0.1) is 16.5 Å². The first-order chi connectivity index (χ1) is 12.0. The summed E-state index contributed by atoms with van der Waals surface area (Å²) < 4.78 is 10.0. The van der Waals surface area contributed by atoms with Crippen molar-refractivity contribution in [3.8, 4) is 5.75 Å². The van der Waals surface area contributed by atoms with Gasteiger partial charge in [-0.2, -0.15) is 0 Å². The fourth-order valence-electron chi connectivity index (χ4n) is 1.87. The van der Waals surface area contributed by atoms with Crippen LogP contribution in [0.1, 0.15) is 11.1 Å². The van der Waals surface area contributed by atoms with Gasteiger partial charge >= 0.3 is 11.9 Å². The van der Waals surface area contributed by atoms with Crippen LogP contribution in [-0.4, -0.2) is 22.7 Å². The van der Waals surface area contributed by atoms with Crippen LogP contribution in [0.2, 0.25) is 0 Å². The summed E-state index contributed by atoms with van der Waals surface area (Å²) in [5.41, 5.74) is 1.08. The Morgan fingerprint density at radius 2 is 1.88 bits per heavy atom. The fourth-order valence-corrected chi connectivity index (χ4v) is 1.93. The van der Waals surface area contributed by atoms with E-state index in [0.717, 1.165) is 0 Å². The highest BCUT2D eigenvalue weighted by Crippen LogP contribution is 2.16. The monoisotopic (exact) mass is 362 g/mol. The average Bonchev–Trinajstić information content (AvgIpc) is 2.60. The molecule has 25 heavy (non-hydrogen) atoms. The Balaban J connectivity index is 1.88. The van der Waals surface area contributed by atoms with Gasteiger partial charge in [0.15, 0.2) is 0 Å². The van der Waals surface area contributed by atoms with Crippen molar-refractivity contribution in [2.45, 2.75) is 6.61 Å². The van der Waals surface area contributed by atoms with Gasteiger partial charge in [0.1, 0.15) is 18.2 Å². The van der Waals surface area contributed by atoms with E-state index in [0.29, 0.717) is 11.1 Å². The third-order valence-corrected chi connectivity index (χ3v) is 3.23. The molecule has 0 N–H and O–H groups in total. The third kappa shape index (κ3) is 5.89. The molecule has 2 rings (SSSR count). The first-order valence-corrected chi connectivity index (χ1v) is 7.63. The number of ether oxygens (including phenoxy) is 2. The number of non-ortho nitro benzene ring substituents is 1. The summed E-state index contributed by atoms with van der Waals surface area (Å²) in [5.74, 6) is -1.20. The van der Waals surface area contributed by atoms with E-state index in [1.807, 2.05) is 0 Å². The molecule has 0 fully saturated rings. The van der Waals surface area contributed by atoms with Gasteiger partial charge in [-0.15, -0.1) is 11.6 Å². The number of carbonyl (C=O) groups excluding carboxylic acids is 2. The molecule has 0 heterocycles. The minimum atomic E-state index is -0.598. The maximum Gasteiger partial charge on any atom is 0.326 e. The number of halogens is 1. The SMILES string of the molecule is O=C([CH]c1cccc(OC(=O)CCl)c1)OCc1ccc([N+](=O)[O-])cc1. The van der Waals surface area contributed by atoms with E-state index < -0.39 is 16.9 Å². The summed E-state index contributed by atoms with van der Waals surface area (Å²) in [7, 11) is 0. The summed E-state index contributed by atoms with van der Waals surface area (Å²) >= 11 is 5.36. The molecule has 8 heteroatoms. The quantitative estimate of drug-likeness (QED) is 0.247. The second-order valence-corrected chi connectivity index (χ2v) is 5.12. The van der Waals surface area contributed by atoms with Crippen molar-refractivity contribution in [2.24, 2.45) is 0 Å². The van der Waals surface area contributed by atoms with Crippen molar-refractivity contribution < 1.29 is 24.0 Å². The Hall–Kier alpha value is -2.93. The number of nitro benzene ring substituents is 1. The number of rotatable bonds is 7. The number of alkyl halides is 1. The molecule has 2 aromatic rings. The molecule has 0 aliphatic rings. The summed E-state index contributed by atoms with van der Waals surface area (Å²) in [6.45, 7) is -0.0196. The van der Waals surface area contributed by atoms with Crippen LogP contribution < -0.4 is 4.74 Å². The standard InChI is InChI=1S/C17H13ClNO6/c18-10-17(21)25-15-3-1-2-13(8-15)9-16(20)24-11-12-4-6-14(7-5-12)19(22)23/h1-9H,10-11H2. The van der Waals surface area contributed by atoms with E-state index in [1.54, 1.807) is 18.2 Å². The molecule has 0 unspecified atom stereocenters. The normalized spacial score (nSPS) is 10.1. The number of nitro groups is 1. The van der Waals surface area contributed by atoms with Gasteiger partial charge in [-0.1, -0.05) is 12.1 Å². The lowest BCUT2D eigenvalue weighted by atomic mass is 10.1. The molecular weight excluding hydrogens is 350 g/mol. The highest BCUT2D eigenvalue weighted by atomic mass is 35.5. The molecule has 0 saturated heterocycles. The van der Waals surface area contributed by atoms with Crippen LogP contribution in [0.3, 0.4) is 0 Å². The molecule has 2 aromatic carbocycles. The Labute approximate surface area is 148 Å². The number of hydrogen-bond donors (Lipinski definition) is 0. The van der Waals surface area contributed by atoms with Gasteiger partial charge in [-0.05, 0) is 35.4 Å². The van der Waals surface area contributed by atoms with Gasteiger partial charge < -0.3 is 9.47 Å². The molecule has 1 radical (unpaired) electrons. The van der Waals surface area contributed by atoms with Crippen LogP contribution >= 0.6 is 11.6 Å². The zero-order valence-corrected chi connectivity index (χ0v) is 13.6. The minimum absolute atomic E-state index is 0.0196. The third-order valence-electron chi connectivity index (χ3n) is 3.01. The summed E-state index contributed by atoms with van der Waals surface area (Å²) in [5, 5.41) is 10.6. The van der Waals surface area contributed by atoms with Crippen molar-refractivity contribution in [3.63, 3.8) is 0 Å². The Morgan fingerprint density at radius 3 is 2.52 bits per heavy atom. The van der Waals surface area contributed by atoms with Crippen LogP contribution in [0.15, 0.2) is 48.5 Å². The molecular formula is C17H13ClNO6. The summed E-state index contributed by atoms with van der Waals surface area (Å²) in [6.07, 6.45) is 1.24. The zero-order chi connectivity index (χ0) is 18.2. The van der Waals surface area contributed by atoms with Gasteiger partial charge in [-0.25, -0.2) is 0 Å². The van der Waals surface area contributed by atoms with Gasteiger partial charge in [-0.3, -0.25) is 19.7 Å². The van der Waals surface area contributed by atoms with Crippen LogP contribution in [-0.2, 0) is 20.9 Å². The number of benzene rings is 2. The Bertz CT molecular complexity index is 775. The van der Waals surface area contributed by atoms with Crippen molar-refractivity contribution in [3.05, 3.63) is 76.2 Å². The molecule has 0 aliphatic carbocycles. The van der Waals surface area contributed by atoms with Crippen LogP contribution in [0.4, 0.5) is 5.69 Å². The van der Waals surface area contributed by atoms with E-state index in [4.69, 9.17) is 21.1 Å². The molecule has 0 atom stereocenters. The molecule has 0 saturated carbocycles. The average molecular weight is 363 g/mol. The molecule has 0 spiro atoms. The van der Waals surface area contributed by atoms with Crippen molar-refractivity contribution >= 4 is 29.2 Å². The van der Waals surface area contributed by atoms with Crippen molar-refractivity contribution in [1.29, 1.82) is 0 Å². The lowest BCUT2D eigenvalue weighted by Crippen LogP contribution is -2.09. The van der Waals surface area contributed by atoms with Crippen molar-refractivity contribution in [1.82, 2.24) is 0 Å². The summed E-state index contributed by atoms with van der Waals surface area (Å²) in [6, 6.07) is 12.0. The predicted molar refractivity (Wildman–Crippen MR) is 89.1 cm³/mol. The van der Waals surface area contributed by atoms with Crippen LogP contribution in [0.5, 0.6) is 5.75 Å². The molecule has 0 aromatic heterocycles. The van der Waals surface area contributed by atoms with Gasteiger partial charge in [0.2, 0.25) is 0 Å². The van der Waals surface area contributed by atoms with E-state index in [-0.39, 0.29) is 23.9 Å².